The second kappa shape index (κ2) is 8.42. The highest BCUT2D eigenvalue weighted by molar-refractivity contribution is 5.96. The number of halogens is 2. The predicted octanol–water partition coefficient (Wildman–Crippen LogP) is 2.42. The molecule has 0 spiro atoms. The van der Waals surface area contributed by atoms with Crippen LogP contribution in [0.5, 0.6) is 0 Å². The van der Waals surface area contributed by atoms with Crippen LogP contribution >= 0.6 is 0 Å². The summed E-state index contributed by atoms with van der Waals surface area (Å²) < 4.78 is 26.3. The van der Waals surface area contributed by atoms with Crippen molar-refractivity contribution in [3.8, 4) is 0 Å². The van der Waals surface area contributed by atoms with Gasteiger partial charge in [0, 0.05) is 45.0 Å². The second-order valence-corrected chi connectivity index (χ2v) is 6.15. The molecule has 2 aromatic carbocycles. The van der Waals surface area contributed by atoms with E-state index >= 15 is 0 Å². The standard InChI is InChI=1S/C19H21F2N3O2/c1-23(2)17-6-4-13(5-7-17)12-24(3)18(25)11-22-19(26)14-8-15(20)10-16(21)9-14/h4-10H,11-12H2,1-3H3,(H,22,26). The molecular formula is C19H21F2N3O2. The van der Waals surface area contributed by atoms with Crippen LogP contribution in [0.15, 0.2) is 42.5 Å². The van der Waals surface area contributed by atoms with Gasteiger partial charge in [-0.25, -0.2) is 8.78 Å². The Bertz CT molecular complexity index is 772. The number of benzene rings is 2. The molecule has 0 aliphatic heterocycles. The number of carbonyl (C=O) groups is 2. The molecule has 0 aliphatic carbocycles. The Hall–Kier alpha value is -2.96. The van der Waals surface area contributed by atoms with Crippen LogP contribution in [0.4, 0.5) is 14.5 Å². The maximum absolute atomic E-state index is 13.1. The Morgan fingerprint density at radius 2 is 1.54 bits per heavy atom. The zero-order valence-electron chi connectivity index (χ0n) is 14.9. The lowest BCUT2D eigenvalue weighted by molar-refractivity contribution is -0.129. The number of nitrogens with zero attached hydrogens (tertiary/aromatic N) is 2. The minimum Gasteiger partial charge on any atom is -0.378 e. The van der Waals surface area contributed by atoms with Crippen LogP contribution in [-0.4, -0.2) is 44.4 Å². The van der Waals surface area contributed by atoms with E-state index < -0.39 is 17.5 Å². The van der Waals surface area contributed by atoms with Gasteiger partial charge in [-0.15, -0.1) is 0 Å². The summed E-state index contributed by atoms with van der Waals surface area (Å²) in [6, 6.07) is 10.3. The van der Waals surface area contributed by atoms with Crippen LogP contribution < -0.4 is 10.2 Å². The van der Waals surface area contributed by atoms with Crippen molar-refractivity contribution in [2.45, 2.75) is 6.54 Å². The van der Waals surface area contributed by atoms with Gasteiger partial charge in [0.25, 0.3) is 5.91 Å². The molecule has 5 nitrogen and oxygen atoms in total. The minimum atomic E-state index is -0.847. The Labute approximate surface area is 151 Å². The van der Waals surface area contributed by atoms with Crippen LogP contribution in [0.3, 0.4) is 0 Å². The van der Waals surface area contributed by atoms with E-state index in [1.165, 1.54) is 4.90 Å². The summed E-state index contributed by atoms with van der Waals surface area (Å²) in [4.78, 5) is 27.5. The zero-order chi connectivity index (χ0) is 19.3. The molecule has 0 radical (unpaired) electrons. The third-order valence-corrected chi connectivity index (χ3v) is 3.82. The highest BCUT2D eigenvalue weighted by Gasteiger charge is 2.13. The molecule has 138 valence electrons. The van der Waals surface area contributed by atoms with Crippen molar-refractivity contribution in [1.82, 2.24) is 10.2 Å². The number of anilines is 1. The molecule has 0 fully saturated rings. The van der Waals surface area contributed by atoms with Crippen LogP contribution in [0.2, 0.25) is 0 Å². The number of likely N-dealkylation sites (N-methyl/N-ethyl adjacent to an activating group) is 1. The number of amides is 2. The number of hydrogen-bond donors (Lipinski definition) is 1. The van der Waals surface area contributed by atoms with Gasteiger partial charge in [-0.05, 0) is 29.8 Å². The molecule has 2 aromatic rings. The molecule has 0 unspecified atom stereocenters. The third-order valence-electron chi connectivity index (χ3n) is 3.82. The summed E-state index contributed by atoms with van der Waals surface area (Å²) in [5.41, 5.74) is 1.83. The molecular weight excluding hydrogens is 340 g/mol. The molecule has 26 heavy (non-hydrogen) atoms. The average molecular weight is 361 g/mol. The molecule has 0 aliphatic rings. The SMILES string of the molecule is CN(Cc1ccc(N(C)C)cc1)C(=O)CNC(=O)c1cc(F)cc(F)c1. The normalized spacial score (nSPS) is 10.3. The zero-order valence-corrected chi connectivity index (χ0v) is 14.9. The van der Waals surface area contributed by atoms with Crippen LogP contribution in [0.1, 0.15) is 15.9 Å². The summed E-state index contributed by atoms with van der Waals surface area (Å²) in [7, 11) is 5.51. The topological polar surface area (TPSA) is 52.6 Å². The van der Waals surface area contributed by atoms with Gasteiger partial charge in [0.1, 0.15) is 11.6 Å². The van der Waals surface area contributed by atoms with E-state index in [4.69, 9.17) is 0 Å². The molecule has 0 heterocycles. The lowest BCUT2D eigenvalue weighted by Gasteiger charge is -2.19. The van der Waals surface area contributed by atoms with Crippen molar-refractivity contribution in [2.24, 2.45) is 0 Å². The minimum absolute atomic E-state index is 0.169. The van der Waals surface area contributed by atoms with Gasteiger partial charge < -0.3 is 15.1 Å². The summed E-state index contributed by atoms with van der Waals surface area (Å²) in [6.07, 6.45) is 0. The Morgan fingerprint density at radius 3 is 2.08 bits per heavy atom. The van der Waals surface area contributed by atoms with E-state index in [1.807, 2.05) is 43.3 Å². The van der Waals surface area contributed by atoms with Crippen molar-refractivity contribution in [1.29, 1.82) is 0 Å². The molecule has 0 bridgehead atoms. The monoisotopic (exact) mass is 361 g/mol. The first-order chi connectivity index (χ1) is 12.3. The summed E-state index contributed by atoms with van der Waals surface area (Å²) in [6.45, 7) is 0.125. The van der Waals surface area contributed by atoms with Crippen LogP contribution in [-0.2, 0) is 11.3 Å². The van der Waals surface area contributed by atoms with E-state index in [2.05, 4.69) is 5.32 Å². The number of rotatable bonds is 6. The van der Waals surface area contributed by atoms with Crippen molar-refractivity contribution in [3.05, 3.63) is 65.2 Å². The lowest BCUT2D eigenvalue weighted by atomic mass is 10.2. The van der Waals surface area contributed by atoms with Gasteiger partial charge in [-0.3, -0.25) is 9.59 Å². The number of carbonyl (C=O) groups excluding carboxylic acids is 2. The van der Waals surface area contributed by atoms with Crippen LogP contribution in [0, 0.1) is 11.6 Å². The fourth-order valence-corrected chi connectivity index (χ4v) is 2.34. The van der Waals surface area contributed by atoms with E-state index in [-0.39, 0.29) is 18.0 Å². The van der Waals surface area contributed by atoms with Gasteiger partial charge >= 0.3 is 0 Å². The predicted molar refractivity (Wildman–Crippen MR) is 95.9 cm³/mol. The first kappa shape index (κ1) is 19.4. The maximum Gasteiger partial charge on any atom is 0.251 e. The lowest BCUT2D eigenvalue weighted by Crippen LogP contribution is -2.37. The fourth-order valence-electron chi connectivity index (χ4n) is 2.34. The maximum atomic E-state index is 13.1. The second-order valence-electron chi connectivity index (χ2n) is 6.15. The smallest absolute Gasteiger partial charge is 0.251 e. The van der Waals surface area contributed by atoms with Crippen molar-refractivity contribution >= 4 is 17.5 Å². The molecule has 7 heteroatoms. The van der Waals surface area contributed by atoms with Crippen LogP contribution in [0.25, 0.3) is 0 Å². The quantitative estimate of drug-likeness (QED) is 0.860. The van der Waals surface area contributed by atoms with E-state index in [9.17, 15) is 18.4 Å². The van der Waals surface area contributed by atoms with Gasteiger partial charge in [0.05, 0.1) is 6.54 Å². The number of nitrogens with one attached hydrogen (secondary N) is 1. The summed E-state index contributed by atoms with van der Waals surface area (Å²) >= 11 is 0. The first-order valence-electron chi connectivity index (χ1n) is 8.01. The first-order valence-corrected chi connectivity index (χ1v) is 8.01. The highest BCUT2D eigenvalue weighted by atomic mass is 19.1. The third kappa shape index (κ3) is 5.27. The highest BCUT2D eigenvalue weighted by Crippen LogP contribution is 2.13. The molecule has 1 N–H and O–H groups in total. The van der Waals surface area contributed by atoms with Crippen molar-refractivity contribution in [2.75, 3.05) is 32.6 Å². The molecule has 0 atom stereocenters. The van der Waals surface area contributed by atoms with Gasteiger partial charge in [0.2, 0.25) is 5.91 Å². The van der Waals surface area contributed by atoms with Crippen molar-refractivity contribution < 1.29 is 18.4 Å². The molecule has 0 saturated heterocycles. The van der Waals surface area contributed by atoms with E-state index in [1.54, 1.807) is 7.05 Å². The number of hydrogen-bond acceptors (Lipinski definition) is 3. The van der Waals surface area contributed by atoms with Gasteiger partial charge in [-0.1, -0.05) is 12.1 Å². The Morgan fingerprint density at radius 1 is 0.962 bits per heavy atom. The van der Waals surface area contributed by atoms with Gasteiger partial charge in [-0.2, -0.15) is 0 Å². The summed E-state index contributed by atoms with van der Waals surface area (Å²) in [5.74, 6) is -2.72. The molecule has 2 amide bonds. The molecule has 0 saturated carbocycles. The largest absolute Gasteiger partial charge is 0.378 e. The molecule has 0 aromatic heterocycles. The van der Waals surface area contributed by atoms with Gasteiger partial charge in [0.15, 0.2) is 0 Å². The summed E-state index contributed by atoms with van der Waals surface area (Å²) in [5, 5.41) is 2.37. The Balaban J connectivity index is 1.89. The van der Waals surface area contributed by atoms with Crippen molar-refractivity contribution in [3.63, 3.8) is 0 Å². The van der Waals surface area contributed by atoms with E-state index in [0.29, 0.717) is 12.6 Å². The fraction of sp³-hybridized carbons (Fsp3) is 0.263. The van der Waals surface area contributed by atoms with E-state index in [0.717, 1.165) is 23.4 Å². The average Bonchev–Trinajstić information content (AvgIpc) is 2.58. The Kier molecular flexibility index (Phi) is 6.27. The molecule has 2 rings (SSSR count).